The van der Waals surface area contributed by atoms with Crippen molar-refractivity contribution < 1.29 is 10.0 Å². The molecular weight excluding hydrogens is 302 g/mol. The molecule has 0 radical (unpaired) electrons. The number of hydrogen-bond donors (Lipinski definition) is 2. The lowest BCUT2D eigenvalue weighted by Gasteiger charge is -2.18. The Morgan fingerprint density at radius 2 is 1.62 bits per heavy atom. The topological polar surface area (TPSA) is 74.0 Å². The molecule has 0 aromatic heterocycles. The summed E-state index contributed by atoms with van der Waals surface area (Å²) in [5.41, 5.74) is 5.28. The Morgan fingerprint density at radius 3 is 2.17 bits per heavy atom. The van der Waals surface area contributed by atoms with E-state index in [-0.39, 0.29) is 11.3 Å². The molecule has 0 saturated carbocycles. The van der Waals surface area contributed by atoms with Gasteiger partial charge in [0.25, 0.3) is 5.91 Å². The second-order valence-corrected chi connectivity index (χ2v) is 6.38. The van der Waals surface area contributed by atoms with Crippen LogP contribution in [0.25, 0.3) is 0 Å². The monoisotopic (exact) mass is 323 g/mol. The molecule has 0 saturated heterocycles. The van der Waals surface area contributed by atoms with Crippen molar-refractivity contribution in [3.8, 4) is 0 Å². The Labute approximate surface area is 141 Å². The summed E-state index contributed by atoms with van der Waals surface area (Å²) >= 11 is 0. The molecule has 5 heteroatoms. The van der Waals surface area contributed by atoms with Gasteiger partial charge in [0, 0.05) is 11.1 Å². The Bertz CT molecular complexity index is 742. The highest BCUT2D eigenvalue weighted by atomic mass is 16.4. The number of nitrogens with zero attached hydrogens (tertiary/aromatic N) is 2. The molecule has 0 bridgehead atoms. The molecule has 0 aliphatic rings. The predicted octanol–water partition coefficient (Wildman–Crippen LogP) is 3.58. The normalized spacial score (nSPS) is 12.4. The van der Waals surface area contributed by atoms with Crippen LogP contribution >= 0.6 is 0 Å². The summed E-state index contributed by atoms with van der Waals surface area (Å²) in [4.78, 5) is 12.2. The molecule has 2 aromatic carbocycles. The zero-order chi connectivity index (χ0) is 17.6. The van der Waals surface area contributed by atoms with Gasteiger partial charge in [-0.05, 0) is 23.1 Å². The van der Waals surface area contributed by atoms with Crippen LogP contribution in [-0.2, 0) is 5.41 Å². The van der Waals surface area contributed by atoms with Crippen LogP contribution < -0.4 is 5.43 Å². The Balaban J connectivity index is 2.16. The third-order valence-corrected chi connectivity index (χ3v) is 3.54. The van der Waals surface area contributed by atoms with Gasteiger partial charge in [-0.1, -0.05) is 68.4 Å². The van der Waals surface area contributed by atoms with Crippen molar-refractivity contribution in [1.82, 2.24) is 5.43 Å². The minimum absolute atomic E-state index is 0.0330. The van der Waals surface area contributed by atoms with Crippen LogP contribution in [0.4, 0.5) is 0 Å². The predicted molar refractivity (Wildman–Crippen MR) is 95.9 cm³/mol. The molecule has 124 valence electrons. The van der Waals surface area contributed by atoms with Gasteiger partial charge in [0.15, 0.2) is 0 Å². The van der Waals surface area contributed by atoms with E-state index in [1.165, 1.54) is 6.21 Å². The van der Waals surface area contributed by atoms with E-state index in [4.69, 9.17) is 5.21 Å². The minimum atomic E-state index is -0.324. The second-order valence-electron chi connectivity index (χ2n) is 6.38. The average Bonchev–Trinajstić information content (AvgIpc) is 2.58. The van der Waals surface area contributed by atoms with Crippen molar-refractivity contribution in [1.29, 1.82) is 0 Å². The standard InChI is InChI=1S/C19H21N3O2/c1-19(2,3)16-11-9-15(10-12-16)18(23)22-21-17(13-20-24)14-7-5-4-6-8-14/h4-13,24H,1-3H3,(H,22,23)/b20-13+,21-17+. The van der Waals surface area contributed by atoms with Crippen molar-refractivity contribution in [3.63, 3.8) is 0 Å². The lowest BCUT2D eigenvalue weighted by atomic mass is 9.87. The summed E-state index contributed by atoms with van der Waals surface area (Å²) in [6.45, 7) is 6.35. The molecule has 1 amide bonds. The smallest absolute Gasteiger partial charge is 0.271 e. The fourth-order valence-corrected chi connectivity index (χ4v) is 2.13. The van der Waals surface area contributed by atoms with Crippen LogP contribution in [0.2, 0.25) is 0 Å². The summed E-state index contributed by atoms with van der Waals surface area (Å²) in [6.07, 6.45) is 1.18. The molecule has 5 nitrogen and oxygen atoms in total. The quantitative estimate of drug-likeness (QED) is 0.513. The highest BCUT2D eigenvalue weighted by molar-refractivity contribution is 6.38. The van der Waals surface area contributed by atoms with Crippen LogP contribution in [0.1, 0.15) is 42.3 Å². The van der Waals surface area contributed by atoms with E-state index in [1.54, 1.807) is 12.1 Å². The third kappa shape index (κ3) is 4.52. The minimum Gasteiger partial charge on any atom is -0.411 e. The van der Waals surface area contributed by atoms with Gasteiger partial charge in [-0.25, -0.2) is 5.43 Å². The number of hydrogen-bond acceptors (Lipinski definition) is 4. The average molecular weight is 323 g/mol. The van der Waals surface area contributed by atoms with Gasteiger partial charge in [0.2, 0.25) is 0 Å². The highest BCUT2D eigenvalue weighted by Crippen LogP contribution is 2.22. The van der Waals surface area contributed by atoms with Crippen molar-refractivity contribution >= 4 is 17.8 Å². The van der Waals surface area contributed by atoms with Crippen LogP contribution in [-0.4, -0.2) is 23.0 Å². The maximum atomic E-state index is 12.2. The third-order valence-electron chi connectivity index (χ3n) is 3.54. The molecule has 0 aliphatic carbocycles. The first kappa shape index (κ1) is 17.4. The number of amides is 1. The van der Waals surface area contributed by atoms with Crippen LogP contribution in [0.3, 0.4) is 0 Å². The van der Waals surface area contributed by atoms with E-state index in [0.29, 0.717) is 11.3 Å². The van der Waals surface area contributed by atoms with Gasteiger partial charge in [-0.15, -0.1) is 0 Å². The van der Waals surface area contributed by atoms with E-state index < -0.39 is 0 Å². The molecular formula is C19H21N3O2. The summed E-state index contributed by atoms with van der Waals surface area (Å²) in [5.74, 6) is -0.324. The van der Waals surface area contributed by atoms with E-state index in [9.17, 15) is 4.79 Å². The molecule has 0 aliphatic heterocycles. The van der Waals surface area contributed by atoms with Gasteiger partial charge >= 0.3 is 0 Å². The van der Waals surface area contributed by atoms with Gasteiger partial charge in [0.05, 0.1) is 6.21 Å². The lowest BCUT2D eigenvalue weighted by molar-refractivity contribution is 0.0955. The number of benzene rings is 2. The van der Waals surface area contributed by atoms with E-state index in [0.717, 1.165) is 11.1 Å². The molecule has 0 unspecified atom stereocenters. The lowest BCUT2D eigenvalue weighted by Crippen LogP contribution is -2.21. The second kappa shape index (κ2) is 7.55. The van der Waals surface area contributed by atoms with Gasteiger partial charge < -0.3 is 5.21 Å². The molecule has 0 spiro atoms. The van der Waals surface area contributed by atoms with Crippen molar-refractivity contribution in [2.45, 2.75) is 26.2 Å². The maximum Gasteiger partial charge on any atom is 0.271 e. The molecule has 2 rings (SSSR count). The number of rotatable bonds is 4. The van der Waals surface area contributed by atoms with E-state index in [1.807, 2.05) is 42.5 Å². The molecule has 24 heavy (non-hydrogen) atoms. The van der Waals surface area contributed by atoms with Crippen LogP contribution in [0.5, 0.6) is 0 Å². The highest BCUT2D eigenvalue weighted by Gasteiger charge is 2.14. The van der Waals surface area contributed by atoms with Crippen LogP contribution in [0.15, 0.2) is 64.9 Å². The zero-order valence-electron chi connectivity index (χ0n) is 14.0. The number of hydrazone groups is 1. The molecule has 2 N–H and O–H groups in total. The summed E-state index contributed by atoms with van der Waals surface area (Å²) in [5, 5.41) is 15.8. The van der Waals surface area contributed by atoms with Gasteiger partial charge in [-0.3, -0.25) is 4.79 Å². The van der Waals surface area contributed by atoms with Crippen molar-refractivity contribution in [3.05, 3.63) is 71.3 Å². The Morgan fingerprint density at radius 1 is 1.00 bits per heavy atom. The summed E-state index contributed by atoms with van der Waals surface area (Å²) in [6, 6.07) is 16.6. The fraction of sp³-hybridized carbons (Fsp3) is 0.211. The first-order chi connectivity index (χ1) is 11.4. The van der Waals surface area contributed by atoms with E-state index in [2.05, 4.69) is 36.5 Å². The molecule has 0 atom stereocenters. The van der Waals surface area contributed by atoms with Crippen LogP contribution in [0, 0.1) is 0 Å². The number of carbonyl (C=O) groups excluding carboxylic acids is 1. The summed E-state index contributed by atoms with van der Waals surface area (Å²) < 4.78 is 0. The van der Waals surface area contributed by atoms with Gasteiger partial charge in [-0.2, -0.15) is 5.10 Å². The summed E-state index contributed by atoms with van der Waals surface area (Å²) in [7, 11) is 0. The van der Waals surface area contributed by atoms with Gasteiger partial charge in [0.1, 0.15) is 5.71 Å². The molecule has 0 heterocycles. The van der Waals surface area contributed by atoms with Crippen molar-refractivity contribution in [2.75, 3.05) is 0 Å². The largest absolute Gasteiger partial charge is 0.411 e. The first-order valence-corrected chi connectivity index (χ1v) is 7.63. The Hall–Kier alpha value is -2.95. The van der Waals surface area contributed by atoms with E-state index >= 15 is 0 Å². The Kier molecular flexibility index (Phi) is 5.47. The number of oxime groups is 1. The van der Waals surface area contributed by atoms with Crippen molar-refractivity contribution in [2.24, 2.45) is 10.3 Å². The fourth-order valence-electron chi connectivity index (χ4n) is 2.13. The number of carbonyl (C=O) groups is 1. The molecule has 0 fully saturated rings. The number of nitrogens with one attached hydrogen (secondary N) is 1. The maximum absolute atomic E-state index is 12.2. The SMILES string of the molecule is CC(C)(C)c1ccc(C(=O)N/N=C(\C=N\O)c2ccccc2)cc1. The molecule has 2 aromatic rings. The first-order valence-electron chi connectivity index (χ1n) is 7.63. The zero-order valence-corrected chi connectivity index (χ0v) is 14.0.